The Kier molecular flexibility index (Phi) is 3.85. The first kappa shape index (κ1) is 10.6. The third-order valence-corrected chi connectivity index (χ3v) is 2.97. The Labute approximate surface area is 84.6 Å². The van der Waals surface area contributed by atoms with Gasteiger partial charge in [-0.3, -0.25) is 0 Å². The van der Waals surface area contributed by atoms with Crippen LogP contribution in [0.4, 0.5) is 0 Å². The first-order chi connectivity index (χ1) is 6.09. The first-order valence-electron chi connectivity index (χ1n) is 4.92. The molecule has 0 atom stereocenters. The fourth-order valence-electron chi connectivity index (χ4n) is 1.02. The van der Waals surface area contributed by atoms with Gasteiger partial charge in [-0.15, -0.1) is 0 Å². The van der Waals surface area contributed by atoms with Crippen LogP contribution in [0, 0.1) is 5.92 Å². The number of hydrogen-bond acceptors (Lipinski definition) is 3. The predicted octanol–water partition coefficient (Wildman–Crippen LogP) is 3.25. The van der Waals surface area contributed by atoms with E-state index in [0.717, 1.165) is 18.2 Å². The number of nitrogens with zero attached hydrogens (tertiary/aromatic N) is 2. The Morgan fingerprint density at radius 1 is 1.23 bits per heavy atom. The van der Waals surface area contributed by atoms with E-state index in [2.05, 4.69) is 37.1 Å². The van der Waals surface area contributed by atoms with Gasteiger partial charge in [0.05, 0.1) is 0 Å². The molecule has 0 aliphatic carbocycles. The highest BCUT2D eigenvalue weighted by molar-refractivity contribution is 7.05. The van der Waals surface area contributed by atoms with E-state index in [1.54, 1.807) is 11.5 Å². The van der Waals surface area contributed by atoms with E-state index in [1.165, 1.54) is 11.4 Å². The quantitative estimate of drug-likeness (QED) is 0.742. The van der Waals surface area contributed by atoms with Crippen LogP contribution in [0.1, 0.15) is 50.9 Å². The molecule has 0 aliphatic heterocycles. The van der Waals surface area contributed by atoms with Crippen molar-refractivity contribution in [2.45, 2.75) is 46.5 Å². The van der Waals surface area contributed by atoms with Crippen molar-refractivity contribution in [2.75, 3.05) is 0 Å². The lowest BCUT2D eigenvalue weighted by Crippen LogP contribution is -1.94. The molecule has 0 N–H and O–H groups in total. The maximum absolute atomic E-state index is 4.49. The second kappa shape index (κ2) is 4.70. The van der Waals surface area contributed by atoms with Crippen molar-refractivity contribution < 1.29 is 0 Å². The lowest BCUT2D eigenvalue weighted by Gasteiger charge is -2.00. The van der Waals surface area contributed by atoms with E-state index in [9.17, 15) is 0 Å². The fourth-order valence-corrected chi connectivity index (χ4v) is 1.71. The highest BCUT2D eigenvalue weighted by Crippen LogP contribution is 2.17. The molecule has 74 valence electrons. The van der Waals surface area contributed by atoms with Crippen molar-refractivity contribution >= 4 is 11.5 Å². The molecule has 0 amide bonds. The molecule has 3 heteroatoms. The molecule has 2 nitrogen and oxygen atoms in total. The molecule has 0 bridgehead atoms. The smallest absolute Gasteiger partial charge is 0.142 e. The molecule has 0 spiro atoms. The van der Waals surface area contributed by atoms with Gasteiger partial charge >= 0.3 is 0 Å². The van der Waals surface area contributed by atoms with E-state index >= 15 is 0 Å². The molecule has 0 saturated heterocycles. The molecule has 0 fully saturated rings. The number of aromatic nitrogens is 2. The molecule has 0 radical (unpaired) electrons. The minimum atomic E-state index is 0.519. The third kappa shape index (κ3) is 3.43. The van der Waals surface area contributed by atoms with Crippen molar-refractivity contribution in [1.82, 2.24) is 9.36 Å². The van der Waals surface area contributed by atoms with Crippen molar-refractivity contribution in [3.05, 3.63) is 10.8 Å². The van der Waals surface area contributed by atoms with Gasteiger partial charge in [0.2, 0.25) is 0 Å². The highest BCUT2D eigenvalue weighted by Gasteiger charge is 2.07. The van der Waals surface area contributed by atoms with Gasteiger partial charge in [0.15, 0.2) is 0 Å². The first-order valence-corrected chi connectivity index (χ1v) is 5.69. The van der Waals surface area contributed by atoms with Crippen molar-refractivity contribution in [2.24, 2.45) is 5.92 Å². The number of hydrogen-bond donors (Lipinski definition) is 0. The molecule has 0 aliphatic rings. The van der Waals surface area contributed by atoms with Crippen LogP contribution in [-0.4, -0.2) is 9.36 Å². The summed E-state index contributed by atoms with van der Waals surface area (Å²) in [5.41, 5.74) is 0. The maximum atomic E-state index is 4.49. The average Bonchev–Trinajstić information content (AvgIpc) is 2.48. The predicted molar refractivity (Wildman–Crippen MR) is 57.2 cm³/mol. The van der Waals surface area contributed by atoms with Crippen LogP contribution in [-0.2, 0) is 6.42 Å². The number of aryl methyl sites for hydroxylation is 1. The van der Waals surface area contributed by atoms with E-state index in [4.69, 9.17) is 0 Å². The van der Waals surface area contributed by atoms with Gasteiger partial charge in [-0.25, -0.2) is 4.98 Å². The lowest BCUT2D eigenvalue weighted by atomic mass is 10.1. The van der Waals surface area contributed by atoms with E-state index in [-0.39, 0.29) is 0 Å². The molecule has 1 aromatic rings. The van der Waals surface area contributed by atoms with E-state index < -0.39 is 0 Å². The molecule has 1 heterocycles. The summed E-state index contributed by atoms with van der Waals surface area (Å²) in [5, 5.41) is 1.17. The summed E-state index contributed by atoms with van der Waals surface area (Å²) in [6, 6.07) is 0. The van der Waals surface area contributed by atoms with Crippen molar-refractivity contribution in [1.29, 1.82) is 0 Å². The average molecular weight is 198 g/mol. The SMILES string of the molecule is CC(C)CCc1nsc(C(C)C)n1. The van der Waals surface area contributed by atoms with Crippen LogP contribution in [0.25, 0.3) is 0 Å². The van der Waals surface area contributed by atoms with Crippen LogP contribution in [0.15, 0.2) is 0 Å². The zero-order chi connectivity index (χ0) is 9.84. The summed E-state index contributed by atoms with van der Waals surface area (Å²) in [7, 11) is 0. The highest BCUT2D eigenvalue weighted by atomic mass is 32.1. The molecular formula is C10H18N2S. The summed E-state index contributed by atoms with van der Waals surface area (Å²) in [6.07, 6.45) is 2.22. The molecule has 0 aromatic carbocycles. The van der Waals surface area contributed by atoms with Crippen molar-refractivity contribution in [3.63, 3.8) is 0 Å². The van der Waals surface area contributed by atoms with Crippen LogP contribution in [0.3, 0.4) is 0 Å². The monoisotopic (exact) mass is 198 g/mol. The molecular weight excluding hydrogens is 180 g/mol. The Morgan fingerprint density at radius 3 is 2.38 bits per heavy atom. The number of rotatable bonds is 4. The zero-order valence-corrected chi connectivity index (χ0v) is 9.69. The van der Waals surface area contributed by atoms with Gasteiger partial charge in [-0.1, -0.05) is 27.7 Å². The minimum Gasteiger partial charge on any atom is -0.224 e. The Balaban J connectivity index is 2.49. The summed E-state index contributed by atoms with van der Waals surface area (Å²) in [6.45, 7) is 8.78. The second-order valence-electron chi connectivity index (χ2n) is 4.14. The zero-order valence-electron chi connectivity index (χ0n) is 8.87. The maximum Gasteiger partial charge on any atom is 0.142 e. The van der Waals surface area contributed by atoms with Gasteiger partial charge in [0.25, 0.3) is 0 Å². The van der Waals surface area contributed by atoms with E-state index in [1.807, 2.05) is 0 Å². The van der Waals surface area contributed by atoms with Gasteiger partial charge < -0.3 is 0 Å². The van der Waals surface area contributed by atoms with Gasteiger partial charge in [0.1, 0.15) is 10.8 Å². The minimum absolute atomic E-state index is 0.519. The van der Waals surface area contributed by atoms with Crippen LogP contribution in [0.5, 0.6) is 0 Å². The second-order valence-corrected chi connectivity index (χ2v) is 4.92. The Morgan fingerprint density at radius 2 is 1.92 bits per heavy atom. The van der Waals surface area contributed by atoms with Gasteiger partial charge in [0, 0.05) is 12.3 Å². The molecule has 1 rings (SSSR count). The third-order valence-electron chi connectivity index (χ3n) is 1.92. The van der Waals surface area contributed by atoms with E-state index in [0.29, 0.717) is 5.92 Å². The summed E-state index contributed by atoms with van der Waals surface area (Å²) >= 11 is 1.55. The fraction of sp³-hybridized carbons (Fsp3) is 0.800. The standard InChI is InChI=1S/C10H18N2S/c1-7(2)5-6-9-11-10(8(3)4)13-12-9/h7-8H,5-6H2,1-4H3. The normalized spacial score (nSPS) is 11.5. The van der Waals surface area contributed by atoms with Crippen LogP contribution < -0.4 is 0 Å². The van der Waals surface area contributed by atoms with Crippen molar-refractivity contribution in [3.8, 4) is 0 Å². The molecule has 13 heavy (non-hydrogen) atoms. The lowest BCUT2D eigenvalue weighted by molar-refractivity contribution is 0.576. The summed E-state index contributed by atoms with van der Waals surface area (Å²) < 4.78 is 4.34. The van der Waals surface area contributed by atoms with Gasteiger partial charge in [-0.2, -0.15) is 4.37 Å². The summed E-state index contributed by atoms with van der Waals surface area (Å²) in [4.78, 5) is 4.49. The largest absolute Gasteiger partial charge is 0.224 e. The van der Waals surface area contributed by atoms with Gasteiger partial charge in [-0.05, 0) is 23.9 Å². The van der Waals surface area contributed by atoms with Crippen LogP contribution in [0.2, 0.25) is 0 Å². The topological polar surface area (TPSA) is 25.8 Å². The molecule has 1 aromatic heterocycles. The summed E-state index contributed by atoms with van der Waals surface area (Å²) in [5.74, 6) is 2.29. The molecule has 0 saturated carbocycles. The van der Waals surface area contributed by atoms with Crippen LogP contribution >= 0.6 is 11.5 Å². The Bertz CT molecular complexity index is 253. The Hall–Kier alpha value is -0.440. The molecule has 0 unspecified atom stereocenters.